The molecule has 1 aliphatic carbocycles. The van der Waals surface area contributed by atoms with E-state index in [0.717, 1.165) is 36.8 Å². The molecule has 0 bridgehead atoms. The maximum absolute atomic E-state index is 6.39. The highest BCUT2D eigenvalue weighted by molar-refractivity contribution is 5.44. The molecule has 1 aliphatic heterocycles. The quantitative estimate of drug-likeness (QED) is 0.826. The summed E-state index contributed by atoms with van der Waals surface area (Å²) in [5.41, 5.74) is 7.49. The van der Waals surface area contributed by atoms with Crippen LogP contribution >= 0.6 is 0 Å². The average Bonchev–Trinajstić information content (AvgIpc) is 3.35. The molecule has 0 aromatic heterocycles. The van der Waals surface area contributed by atoms with E-state index in [1.807, 2.05) is 18.2 Å². The lowest BCUT2D eigenvalue weighted by atomic mass is 10.1. The Morgan fingerprint density at radius 1 is 1.29 bits per heavy atom. The number of nitrogens with two attached hydrogens (primary N) is 1. The molecule has 5 nitrogen and oxygen atoms in total. The second kappa shape index (κ2) is 6.64. The van der Waals surface area contributed by atoms with Crippen molar-refractivity contribution in [2.45, 2.75) is 24.9 Å². The number of ether oxygens (including phenoxy) is 3. The summed E-state index contributed by atoms with van der Waals surface area (Å²) in [4.78, 5) is 2.44. The molecule has 1 unspecified atom stereocenters. The first-order valence-electron chi connectivity index (χ1n) is 7.66. The molecule has 3 rings (SSSR count). The van der Waals surface area contributed by atoms with E-state index in [1.54, 1.807) is 7.11 Å². The van der Waals surface area contributed by atoms with Gasteiger partial charge in [0.1, 0.15) is 13.2 Å². The maximum Gasteiger partial charge on any atom is 0.161 e. The van der Waals surface area contributed by atoms with Crippen LogP contribution in [0.5, 0.6) is 11.5 Å². The van der Waals surface area contributed by atoms with E-state index < -0.39 is 0 Å². The van der Waals surface area contributed by atoms with Crippen molar-refractivity contribution in [1.82, 2.24) is 4.90 Å². The van der Waals surface area contributed by atoms with Crippen LogP contribution in [-0.4, -0.2) is 51.0 Å². The van der Waals surface area contributed by atoms with Crippen molar-refractivity contribution in [1.29, 1.82) is 0 Å². The lowest BCUT2D eigenvalue weighted by Gasteiger charge is -2.26. The SMILES string of the molecule is COCCN(CC(N)c1ccc2c(c1)OCCO2)C1CC1. The zero-order valence-corrected chi connectivity index (χ0v) is 12.6. The molecule has 1 aromatic carbocycles. The van der Waals surface area contributed by atoms with Gasteiger partial charge >= 0.3 is 0 Å². The van der Waals surface area contributed by atoms with E-state index in [2.05, 4.69) is 4.90 Å². The van der Waals surface area contributed by atoms with Crippen LogP contribution in [0.25, 0.3) is 0 Å². The molecule has 1 aromatic rings. The van der Waals surface area contributed by atoms with Gasteiger partial charge in [0.2, 0.25) is 0 Å². The summed E-state index contributed by atoms with van der Waals surface area (Å²) in [7, 11) is 1.74. The number of hydrogen-bond donors (Lipinski definition) is 1. The van der Waals surface area contributed by atoms with Crippen molar-refractivity contribution < 1.29 is 14.2 Å². The van der Waals surface area contributed by atoms with E-state index in [1.165, 1.54) is 12.8 Å². The van der Waals surface area contributed by atoms with Crippen LogP contribution in [0.3, 0.4) is 0 Å². The molecule has 1 atom stereocenters. The summed E-state index contributed by atoms with van der Waals surface area (Å²) in [6.07, 6.45) is 2.55. The first kappa shape index (κ1) is 14.6. The van der Waals surface area contributed by atoms with Crippen molar-refractivity contribution in [2.24, 2.45) is 5.73 Å². The van der Waals surface area contributed by atoms with Crippen LogP contribution in [0, 0.1) is 0 Å². The van der Waals surface area contributed by atoms with Gasteiger partial charge in [-0.15, -0.1) is 0 Å². The highest BCUT2D eigenvalue weighted by atomic mass is 16.6. The molecule has 5 heteroatoms. The fourth-order valence-corrected chi connectivity index (χ4v) is 2.72. The number of benzene rings is 1. The molecule has 116 valence electrons. The van der Waals surface area contributed by atoms with Gasteiger partial charge in [0.05, 0.1) is 6.61 Å². The highest BCUT2D eigenvalue weighted by Gasteiger charge is 2.30. The lowest BCUT2D eigenvalue weighted by molar-refractivity contribution is 0.139. The lowest BCUT2D eigenvalue weighted by Crippen LogP contribution is -2.36. The first-order chi connectivity index (χ1) is 10.3. The standard InChI is InChI=1S/C16H24N2O3/c1-19-7-6-18(13-3-4-13)11-14(17)12-2-5-15-16(10-12)21-9-8-20-15/h2,5,10,13-14H,3-4,6-9,11,17H2,1H3. The Kier molecular flexibility index (Phi) is 4.63. The monoisotopic (exact) mass is 292 g/mol. The third kappa shape index (κ3) is 3.67. The van der Waals surface area contributed by atoms with Gasteiger partial charge in [-0.1, -0.05) is 6.07 Å². The van der Waals surface area contributed by atoms with Crippen molar-refractivity contribution in [2.75, 3.05) is 40.0 Å². The zero-order chi connectivity index (χ0) is 14.7. The summed E-state index contributed by atoms with van der Waals surface area (Å²) >= 11 is 0. The minimum absolute atomic E-state index is 0.0155. The fourth-order valence-electron chi connectivity index (χ4n) is 2.72. The Morgan fingerprint density at radius 3 is 2.76 bits per heavy atom. The van der Waals surface area contributed by atoms with Crippen LogP contribution in [0.15, 0.2) is 18.2 Å². The number of rotatable bonds is 7. The molecule has 2 aliphatic rings. The predicted octanol–water partition coefficient (Wildman–Crippen LogP) is 1.57. The molecule has 0 amide bonds. The molecule has 1 heterocycles. The molecule has 1 saturated carbocycles. The third-order valence-electron chi connectivity index (χ3n) is 4.07. The minimum atomic E-state index is -0.0155. The summed E-state index contributed by atoms with van der Waals surface area (Å²) in [5.74, 6) is 1.62. The number of nitrogens with zero attached hydrogens (tertiary/aromatic N) is 1. The molecule has 2 N–H and O–H groups in total. The van der Waals surface area contributed by atoms with Gasteiger partial charge in [0.25, 0.3) is 0 Å². The molecule has 0 saturated heterocycles. The Labute approximate surface area is 126 Å². The van der Waals surface area contributed by atoms with Gasteiger partial charge in [0, 0.05) is 32.3 Å². The van der Waals surface area contributed by atoms with Gasteiger partial charge in [0.15, 0.2) is 11.5 Å². The van der Waals surface area contributed by atoms with Gasteiger partial charge in [-0.2, -0.15) is 0 Å². The van der Waals surface area contributed by atoms with E-state index >= 15 is 0 Å². The second-order valence-corrected chi connectivity index (χ2v) is 5.73. The van der Waals surface area contributed by atoms with E-state index in [4.69, 9.17) is 19.9 Å². The molecule has 0 radical (unpaired) electrons. The summed E-state index contributed by atoms with van der Waals surface area (Å²) in [6.45, 7) is 3.77. The van der Waals surface area contributed by atoms with Crippen molar-refractivity contribution in [3.8, 4) is 11.5 Å². The smallest absolute Gasteiger partial charge is 0.161 e. The van der Waals surface area contributed by atoms with Gasteiger partial charge in [-0.25, -0.2) is 0 Å². The number of fused-ring (bicyclic) bond motifs is 1. The fraction of sp³-hybridized carbons (Fsp3) is 0.625. The van der Waals surface area contributed by atoms with Crippen molar-refractivity contribution in [3.63, 3.8) is 0 Å². The van der Waals surface area contributed by atoms with Crippen LogP contribution in [-0.2, 0) is 4.74 Å². The molecule has 1 fully saturated rings. The summed E-state index contributed by atoms with van der Waals surface area (Å²) in [6, 6.07) is 6.68. The molecular formula is C16H24N2O3. The van der Waals surface area contributed by atoms with E-state index in [0.29, 0.717) is 19.3 Å². The third-order valence-corrected chi connectivity index (χ3v) is 4.07. The first-order valence-corrected chi connectivity index (χ1v) is 7.66. The Balaban J connectivity index is 1.64. The van der Waals surface area contributed by atoms with E-state index in [-0.39, 0.29) is 6.04 Å². The van der Waals surface area contributed by atoms with Crippen LogP contribution in [0.2, 0.25) is 0 Å². The van der Waals surface area contributed by atoms with Gasteiger partial charge < -0.3 is 19.9 Å². The molecule has 0 spiro atoms. The average molecular weight is 292 g/mol. The topological polar surface area (TPSA) is 57.0 Å². The van der Waals surface area contributed by atoms with Crippen molar-refractivity contribution >= 4 is 0 Å². The largest absolute Gasteiger partial charge is 0.486 e. The Bertz CT molecular complexity index is 477. The number of methoxy groups -OCH3 is 1. The molecule has 21 heavy (non-hydrogen) atoms. The van der Waals surface area contributed by atoms with Gasteiger partial charge in [-0.05, 0) is 30.5 Å². The molecular weight excluding hydrogens is 268 g/mol. The predicted molar refractivity (Wildman–Crippen MR) is 80.8 cm³/mol. The minimum Gasteiger partial charge on any atom is -0.486 e. The maximum atomic E-state index is 6.39. The van der Waals surface area contributed by atoms with Crippen LogP contribution in [0.4, 0.5) is 0 Å². The normalized spacial score (nSPS) is 18.8. The number of hydrogen-bond acceptors (Lipinski definition) is 5. The van der Waals surface area contributed by atoms with E-state index in [9.17, 15) is 0 Å². The highest BCUT2D eigenvalue weighted by Crippen LogP contribution is 2.33. The Hall–Kier alpha value is -1.30. The summed E-state index contributed by atoms with van der Waals surface area (Å²) < 4.78 is 16.4. The second-order valence-electron chi connectivity index (χ2n) is 5.73. The zero-order valence-electron chi connectivity index (χ0n) is 12.6. The van der Waals surface area contributed by atoms with Gasteiger partial charge in [-0.3, -0.25) is 4.90 Å². The van der Waals surface area contributed by atoms with Crippen LogP contribution < -0.4 is 15.2 Å². The van der Waals surface area contributed by atoms with Crippen molar-refractivity contribution in [3.05, 3.63) is 23.8 Å². The Morgan fingerprint density at radius 2 is 2.05 bits per heavy atom. The van der Waals surface area contributed by atoms with Crippen LogP contribution in [0.1, 0.15) is 24.4 Å². The summed E-state index contributed by atoms with van der Waals surface area (Å²) in [5, 5.41) is 0.